The number of nitrogens with zero attached hydrogens (tertiary/aromatic N) is 1. The number of nitrogens with one attached hydrogen (secondary N) is 1. The van der Waals surface area contributed by atoms with Crippen molar-refractivity contribution in [3.05, 3.63) is 45.4 Å². The Bertz CT molecular complexity index is 745. The van der Waals surface area contributed by atoms with Crippen LogP contribution in [0.3, 0.4) is 0 Å². The van der Waals surface area contributed by atoms with Crippen molar-refractivity contribution >= 4 is 22.9 Å². The van der Waals surface area contributed by atoms with Crippen LogP contribution < -0.4 is 11.1 Å². The fraction of sp³-hybridized carbons (Fsp3) is 0.474. The van der Waals surface area contributed by atoms with Crippen LogP contribution in [0.1, 0.15) is 61.5 Å². The first kappa shape index (κ1) is 17.0. The minimum absolute atomic E-state index is 0.0294. The molecular formula is C19H25N3OS. The number of hydrogen-bond donors (Lipinski definition) is 2. The summed E-state index contributed by atoms with van der Waals surface area (Å²) in [5, 5.41) is 6.24. The number of carbonyl (C=O) groups is 1. The van der Waals surface area contributed by atoms with Gasteiger partial charge in [0.2, 0.25) is 5.91 Å². The molecule has 1 heterocycles. The fourth-order valence-corrected chi connectivity index (χ4v) is 4.03. The second-order valence-corrected chi connectivity index (χ2v) is 8.40. The number of hydrogen-bond acceptors (Lipinski definition) is 4. The van der Waals surface area contributed by atoms with Gasteiger partial charge < -0.3 is 11.1 Å². The van der Waals surface area contributed by atoms with Gasteiger partial charge in [0.25, 0.3) is 0 Å². The lowest BCUT2D eigenvalue weighted by Gasteiger charge is -2.26. The SMILES string of the molecule is CC(C)(C)c1nc(CC(=O)NC2CCCc3cc(N)ccc32)cs1. The maximum absolute atomic E-state index is 12.4. The van der Waals surface area contributed by atoms with Gasteiger partial charge in [-0.3, -0.25) is 4.79 Å². The number of amides is 1. The monoisotopic (exact) mass is 343 g/mol. The summed E-state index contributed by atoms with van der Waals surface area (Å²) >= 11 is 1.63. The number of aromatic nitrogens is 1. The molecule has 0 aliphatic heterocycles. The molecule has 24 heavy (non-hydrogen) atoms. The van der Waals surface area contributed by atoms with Crippen LogP contribution in [0.2, 0.25) is 0 Å². The molecule has 1 unspecified atom stereocenters. The number of rotatable bonds is 3. The Balaban J connectivity index is 1.67. The van der Waals surface area contributed by atoms with E-state index in [1.54, 1.807) is 11.3 Å². The molecule has 5 heteroatoms. The Morgan fingerprint density at radius 2 is 2.21 bits per heavy atom. The van der Waals surface area contributed by atoms with Crippen LogP contribution in [0.15, 0.2) is 23.6 Å². The summed E-state index contributed by atoms with van der Waals surface area (Å²) in [5.41, 5.74) is 10.0. The Morgan fingerprint density at radius 3 is 2.92 bits per heavy atom. The van der Waals surface area contributed by atoms with Gasteiger partial charge in [0, 0.05) is 16.5 Å². The van der Waals surface area contributed by atoms with Crippen molar-refractivity contribution < 1.29 is 4.79 Å². The highest BCUT2D eigenvalue weighted by Gasteiger charge is 2.23. The smallest absolute Gasteiger partial charge is 0.226 e. The van der Waals surface area contributed by atoms with Gasteiger partial charge in [0.15, 0.2) is 0 Å². The maximum Gasteiger partial charge on any atom is 0.226 e. The predicted octanol–water partition coefficient (Wildman–Crippen LogP) is 3.76. The lowest BCUT2D eigenvalue weighted by atomic mass is 9.87. The third-order valence-corrected chi connectivity index (χ3v) is 5.67. The van der Waals surface area contributed by atoms with Crippen molar-refractivity contribution in [3.63, 3.8) is 0 Å². The van der Waals surface area contributed by atoms with E-state index in [4.69, 9.17) is 5.73 Å². The van der Waals surface area contributed by atoms with E-state index in [9.17, 15) is 4.79 Å². The largest absolute Gasteiger partial charge is 0.399 e. The molecular weight excluding hydrogens is 318 g/mol. The van der Waals surface area contributed by atoms with Crippen LogP contribution in [0.4, 0.5) is 5.69 Å². The molecule has 1 amide bonds. The van der Waals surface area contributed by atoms with Crippen molar-refractivity contribution in [1.82, 2.24) is 10.3 Å². The van der Waals surface area contributed by atoms with E-state index < -0.39 is 0 Å². The number of thiazole rings is 1. The van der Waals surface area contributed by atoms with Crippen molar-refractivity contribution in [1.29, 1.82) is 0 Å². The van der Waals surface area contributed by atoms with Crippen LogP contribution in [0.25, 0.3) is 0 Å². The minimum atomic E-state index is 0.0294. The average molecular weight is 343 g/mol. The maximum atomic E-state index is 12.4. The molecule has 1 aliphatic rings. The first-order valence-corrected chi connectivity index (χ1v) is 9.33. The second-order valence-electron chi connectivity index (χ2n) is 7.54. The van der Waals surface area contributed by atoms with Crippen molar-refractivity contribution in [3.8, 4) is 0 Å². The molecule has 1 aromatic carbocycles. The molecule has 1 atom stereocenters. The Hall–Kier alpha value is -1.88. The highest BCUT2D eigenvalue weighted by atomic mass is 32.1. The van der Waals surface area contributed by atoms with Gasteiger partial charge in [-0.15, -0.1) is 11.3 Å². The molecule has 0 saturated carbocycles. The molecule has 1 aromatic heterocycles. The van der Waals surface area contributed by atoms with Crippen LogP contribution in [0.5, 0.6) is 0 Å². The lowest BCUT2D eigenvalue weighted by molar-refractivity contribution is -0.121. The Labute approximate surface area is 147 Å². The van der Waals surface area contributed by atoms with E-state index in [2.05, 4.69) is 37.1 Å². The van der Waals surface area contributed by atoms with Crippen LogP contribution in [0, 0.1) is 0 Å². The number of benzene rings is 1. The van der Waals surface area contributed by atoms with Gasteiger partial charge in [-0.1, -0.05) is 26.8 Å². The summed E-state index contributed by atoms with van der Waals surface area (Å²) < 4.78 is 0. The molecule has 0 fully saturated rings. The zero-order chi connectivity index (χ0) is 17.3. The lowest BCUT2D eigenvalue weighted by Crippen LogP contribution is -2.32. The Morgan fingerprint density at radius 1 is 1.42 bits per heavy atom. The minimum Gasteiger partial charge on any atom is -0.399 e. The highest BCUT2D eigenvalue weighted by molar-refractivity contribution is 7.09. The number of nitrogen functional groups attached to an aromatic ring is 1. The predicted molar refractivity (Wildman–Crippen MR) is 99.2 cm³/mol. The normalized spacial score (nSPS) is 17.4. The number of nitrogens with two attached hydrogens (primary N) is 1. The second kappa shape index (κ2) is 6.55. The van der Waals surface area contributed by atoms with Gasteiger partial charge in [0.1, 0.15) is 0 Å². The summed E-state index contributed by atoms with van der Waals surface area (Å²) in [7, 11) is 0. The quantitative estimate of drug-likeness (QED) is 0.834. The first-order chi connectivity index (χ1) is 11.3. The van der Waals surface area contributed by atoms with Crippen molar-refractivity contribution in [2.24, 2.45) is 0 Å². The third kappa shape index (κ3) is 3.78. The van der Waals surface area contributed by atoms with E-state index >= 15 is 0 Å². The zero-order valence-electron chi connectivity index (χ0n) is 14.6. The average Bonchev–Trinajstić information content (AvgIpc) is 2.95. The van der Waals surface area contributed by atoms with Crippen LogP contribution in [-0.4, -0.2) is 10.9 Å². The molecule has 0 spiro atoms. The number of aryl methyl sites for hydroxylation is 1. The summed E-state index contributed by atoms with van der Waals surface area (Å²) in [6, 6.07) is 6.08. The molecule has 2 aromatic rings. The standard InChI is InChI=1S/C19H25N3OS/c1-19(2,3)18-21-14(11-24-18)10-17(23)22-16-6-4-5-12-9-13(20)7-8-15(12)16/h7-9,11,16H,4-6,10,20H2,1-3H3,(H,22,23). The van der Waals surface area contributed by atoms with E-state index in [0.717, 1.165) is 35.7 Å². The summed E-state index contributed by atoms with van der Waals surface area (Å²) in [4.78, 5) is 17.1. The van der Waals surface area contributed by atoms with E-state index in [1.165, 1.54) is 11.1 Å². The van der Waals surface area contributed by atoms with Gasteiger partial charge in [-0.05, 0) is 42.5 Å². The molecule has 0 saturated heterocycles. The van der Waals surface area contributed by atoms with E-state index in [-0.39, 0.29) is 17.4 Å². The molecule has 0 radical (unpaired) electrons. The van der Waals surface area contributed by atoms with E-state index in [0.29, 0.717) is 6.42 Å². The van der Waals surface area contributed by atoms with Gasteiger partial charge >= 0.3 is 0 Å². The molecule has 3 N–H and O–H groups in total. The molecule has 1 aliphatic carbocycles. The summed E-state index contributed by atoms with van der Waals surface area (Å²) in [6.45, 7) is 6.42. The summed E-state index contributed by atoms with van der Waals surface area (Å²) in [5.74, 6) is 0.0374. The number of fused-ring (bicyclic) bond motifs is 1. The topological polar surface area (TPSA) is 68.0 Å². The molecule has 0 bridgehead atoms. The molecule has 128 valence electrons. The Kier molecular flexibility index (Phi) is 4.63. The van der Waals surface area contributed by atoms with Gasteiger partial charge in [-0.2, -0.15) is 0 Å². The fourth-order valence-electron chi connectivity index (χ4n) is 3.13. The van der Waals surface area contributed by atoms with E-state index in [1.807, 2.05) is 17.5 Å². The zero-order valence-corrected chi connectivity index (χ0v) is 15.4. The van der Waals surface area contributed by atoms with Crippen molar-refractivity contribution in [2.75, 3.05) is 5.73 Å². The highest BCUT2D eigenvalue weighted by Crippen LogP contribution is 2.31. The molecule has 3 rings (SSSR count). The molecule has 4 nitrogen and oxygen atoms in total. The van der Waals surface area contributed by atoms with Crippen molar-refractivity contribution in [2.45, 2.75) is 57.9 Å². The van der Waals surface area contributed by atoms with Crippen LogP contribution >= 0.6 is 11.3 Å². The van der Waals surface area contributed by atoms with Gasteiger partial charge in [0.05, 0.1) is 23.2 Å². The van der Waals surface area contributed by atoms with Gasteiger partial charge in [-0.25, -0.2) is 4.98 Å². The summed E-state index contributed by atoms with van der Waals surface area (Å²) in [6.07, 6.45) is 3.43. The number of anilines is 1. The third-order valence-electron chi connectivity index (χ3n) is 4.35. The number of carbonyl (C=O) groups excluding carboxylic acids is 1. The van der Waals surface area contributed by atoms with Crippen LogP contribution in [-0.2, 0) is 23.1 Å². The first-order valence-electron chi connectivity index (χ1n) is 8.45.